The van der Waals surface area contributed by atoms with E-state index < -0.39 is 15.8 Å². The van der Waals surface area contributed by atoms with E-state index in [1.54, 1.807) is 0 Å². The first kappa shape index (κ1) is 31.7. The maximum Gasteiger partial charge on any atom is 0.0967 e. The van der Waals surface area contributed by atoms with Crippen molar-refractivity contribution < 1.29 is 29.1 Å². The van der Waals surface area contributed by atoms with Crippen LogP contribution in [-0.2, 0) is 29.1 Å². The molecular formula is C30H34NO2P2Ru+3. The molecule has 0 bridgehead atoms. The summed E-state index contributed by atoms with van der Waals surface area (Å²) < 4.78 is 0. The third kappa shape index (κ3) is 10.3. The first-order valence-corrected chi connectivity index (χ1v) is 14.9. The number of hydrogen-bond acceptors (Lipinski definition) is 3. The van der Waals surface area contributed by atoms with Crippen LogP contribution in [0.15, 0.2) is 121 Å². The van der Waals surface area contributed by atoms with Crippen LogP contribution in [0.25, 0.3) is 0 Å². The van der Waals surface area contributed by atoms with Crippen LogP contribution in [0, 0.1) is 0 Å². The SMILES string of the molecule is [CH-]=O.[CH-]=O.[RuH+3].c1ccc([PH+](CCNCC[PH+](c2ccccc2)c2ccccc2)c2ccccc2)cc1. The molecule has 0 atom stereocenters. The molecule has 0 amide bonds. The fourth-order valence-electron chi connectivity index (χ4n) is 4.02. The summed E-state index contributed by atoms with van der Waals surface area (Å²) in [5.74, 6) is 0. The van der Waals surface area contributed by atoms with Gasteiger partial charge in [0.25, 0.3) is 0 Å². The van der Waals surface area contributed by atoms with Crippen LogP contribution in [-0.4, -0.2) is 39.0 Å². The van der Waals surface area contributed by atoms with E-state index in [0.29, 0.717) is 0 Å². The van der Waals surface area contributed by atoms with Gasteiger partial charge in [0.15, 0.2) is 0 Å². The fourth-order valence-corrected chi connectivity index (χ4v) is 9.07. The maximum atomic E-state index is 7.75. The van der Waals surface area contributed by atoms with Crippen molar-refractivity contribution in [2.24, 2.45) is 0 Å². The predicted molar refractivity (Wildman–Crippen MR) is 158 cm³/mol. The standard InChI is InChI=1S/C28H29NP2.2CHO.Ru.H/c1-5-13-25(14-6-1)30(26-15-7-2-8-16-26)23-21-29-22-24-31(27-17-9-3-10-18-27)28-19-11-4-12-20-28;2*1-2;;/h1-20,29H,21-24H2;2*1H;;/q;2*-1;+3;/p+2. The molecule has 4 rings (SSSR count). The van der Waals surface area contributed by atoms with Crippen LogP contribution < -0.4 is 26.5 Å². The van der Waals surface area contributed by atoms with E-state index in [9.17, 15) is 0 Å². The van der Waals surface area contributed by atoms with Gasteiger partial charge in [-0.15, -0.1) is 0 Å². The van der Waals surface area contributed by atoms with Crippen molar-refractivity contribution in [3.63, 3.8) is 0 Å². The Morgan fingerprint density at radius 3 is 0.889 bits per heavy atom. The minimum absolute atomic E-state index is 0. The number of benzene rings is 4. The van der Waals surface area contributed by atoms with E-state index in [1.165, 1.54) is 33.5 Å². The Morgan fingerprint density at radius 2 is 0.667 bits per heavy atom. The van der Waals surface area contributed by atoms with E-state index in [2.05, 4.69) is 140 Å². The Balaban J connectivity index is 0.00000123. The summed E-state index contributed by atoms with van der Waals surface area (Å²) in [5.41, 5.74) is 0. The molecule has 0 fully saturated rings. The summed E-state index contributed by atoms with van der Waals surface area (Å²) in [7, 11) is -1.52. The Labute approximate surface area is 231 Å². The first-order valence-electron chi connectivity index (χ1n) is 11.5. The van der Waals surface area contributed by atoms with Crippen molar-refractivity contribution >= 4 is 50.6 Å². The van der Waals surface area contributed by atoms with Gasteiger partial charge in [-0.3, -0.25) is 13.6 Å². The number of hydrogen-bond donors (Lipinski definition) is 1. The van der Waals surface area contributed by atoms with Crippen LogP contribution in [0.2, 0.25) is 0 Å². The molecule has 1 radical (unpaired) electrons. The summed E-state index contributed by atoms with van der Waals surface area (Å²) in [6.07, 6.45) is 2.41. The quantitative estimate of drug-likeness (QED) is 0.0994. The minimum Gasteiger partial charge on any atom is -0.310 e. The summed E-state index contributed by atoms with van der Waals surface area (Å²) in [6.45, 7) is 8.63. The minimum atomic E-state index is -0.758. The van der Waals surface area contributed by atoms with Gasteiger partial charge in [0, 0.05) is 13.1 Å². The van der Waals surface area contributed by atoms with Crippen LogP contribution >= 0.6 is 15.8 Å². The summed E-state index contributed by atoms with van der Waals surface area (Å²) in [4.78, 5) is 15.5. The molecule has 4 aromatic rings. The summed E-state index contributed by atoms with van der Waals surface area (Å²) in [6, 6.07) is 44.2. The molecule has 0 aliphatic carbocycles. The van der Waals surface area contributed by atoms with Crippen LogP contribution in [0.3, 0.4) is 0 Å². The molecule has 0 spiro atoms. The van der Waals surface area contributed by atoms with Gasteiger partial charge >= 0.3 is 19.5 Å². The smallest absolute Gasteiger partial charge is 0.0967 e. The van der Waals surface area contributed by atoms with Gasteiger partial charge in [-0.05, 0) is 48.5 Å². The molecule has 3 nitrogen and oxygen atoms in total. The molecule has 0 aliphatic heterocycles. The first-order chi connectivity index (χ1) is 17.4. The van der Waals surface area contributed by atoms with E-state index >= 15 is 0 Å². The van der Waals surface area contributed by atoms with Gasteiger partial charge in [-0.2, -0.15) is 0 Å². The second-order valence-corrected chi connectivity index (χ2v) is 12.9. The van der Waals surface area contributed by atoms with Gasteiger partial charge in [-0.25, -0.2) is 0 Å². The molecule has 0 aromatic heterocycles. The van der Waals surface area contributed by atoms with Crippen LogP contribution in [0.4, 0.5) is 0 Å². The second kappa shape index (κ2) is 19.8. The maximum absolute atomic E-state index is 7.75. The molecule has 186 valence electrons. The molecule has 0 saturated heterocycles. The van der Waals surface area contributed by atoms with Crippen molar-refractivity contribution in [3.05, 3.63) is 121 Å². The predicted octanol–water partition coefficient (Wildman–Crippen LogP) is 3.49. The Bertz CT molecular complexity index is 891. The number of carbonyl (C=O) groups excluding carboxylic acids is 2. The Morgan fingerprint density at radius 1 is 0.444 bits per heavy atom. The normalized spacial score (nSPS) is 9.83. The molecule has 0 unspecified atom stereocenters. The van der Waals surface area contributed by atoms with Crippen molar-refractivity contribution in [3.8, 4) is 0 Å². The largest absolute Gasteiger partial charge is 0.310 e. The van der Waals surface area contributed by atoms with E-state index in [-0.39, 0.29) is 19.5 Å². The molecule has 36 heavy (non-hydrogen) atoms. The third-order valence-electron chi connectivity index (χ3n) is 5.59. The molecule has 6 heteroatoms. The second-order valence-electron chi connectivity index (χ2n) is 7.67. The molecule has 4 aromatic carbocycles. The number of rotatable bonds is 10. The fraction of sp³-hybridized carbons (Fsp3) is 0.133. The molecule has 0 saturated carbocycles. The van der Waals surface area contributed by atoms with Gasteiger partial charge in [0.2, 0.25) is 0 Å². The van der Waals surface area contributed by atoms with Crippen LogP contribution in [0.1, 0.15) is 0 Å². The molecular weight excluding hydrogens is 569 g/mol. The van der Waals surface area contributed by atoms with Crippen molar-refractivity contribution in [1.82, 2.24) is 5.32 Å². The third-order valence-corrected chi connectivity index (χ3v) is 11.2. The van der Waals surface area contributed by atoms with Gasteiger partial charge in [0.1, 0.15) is 0 Å². The Hall–Kier alpha value is -2.34. The number of nitrogens with one attached hydrogen (secondary N) is 1. The van der Waals surface area contributed by atoms with Crippen LogP contribution in [0.5, 0.6) is 0 Å². The van der Waals surface area contributed by atoms with Crippen molar-refractivity contribution in [1.29, 1.82) is 0 Å². The zero-order valence-corrected chi connectivity index (χ0v) is 24.1. The van der Waals surface area contributed by atoms with Gasteiger partial charge in [0.05, 0.1) is 49.4 Å². The zero-order chi connectivity index (χ0) is 25.1. The Kier molecular flexibility index (Phi) is 17.4. The molecule has 1 N–H and O–H groups in total. The topological polar surface area (TPSA) is 46.2 Å². The summed E-state index contributed by atoms with van der Waals surface area (Å²) >= 11 is 0. The molecule has 0 heterocycles. The van der Waals surface area contributed by atoms with E-state index in [1.807, 2.05) is 0 Å². The average Bonchev–Trinajstić information content (AvgIpc) is 2.97. The van der Waals surface area contributed by atoms with Gasteiger partial charge in [-0.1, -0.05) is 72.8 Å². The van der Waals surface area contributed by atoms with E-state index in [0.717, 1.165) is 13.1 Å². The van der Waals surface area contributed by atoms with Crippen molar-refractivity contribution in [2.75, 3.05) is 25.4 Å². The average molecular weight is 604 g/mol. The zero-order valence-electron chi connectivity index (χ0n) is 20.2. The van der Waals surface area contributed by atoms with E-state index in [4.69, 9.17) is 9.59 Å². The van der Waals surface area contributed by atoms with Gasteiger partial charge < -0.3 is 14.9 Å². The van der Waals surface area contributed by atoms with Crippen molar-refractivity contribution in [2.45, 2.75) is 0 Å². The monoisotopic (exact) mass is 604 g/mol. The molecule has 0 aliphatic rings. The summed E-state index contributed by atoms with van der Waals surface area (Å²) in [5, 5.41) is 9.77.